The van der Waals surface area contributed by atoms with Gasteiger partial charge in [-0.1, -0.05) is 12.1 Å². The number of anilines is 1. The molecule has 2 aromatic rings. The molecule has 0 aliphatic carbocycles. The number of hydrogen-bond donors (Lipinski definition) is 2. The maximum atomic E-state index is 12.3. The van der Waals surface area contributed by atoms with E-state index in [0.717, 1.165) is 5.56 Å². The second-order valence-corrected chi connectivity index (χ2v) is 6.35. The monoisotopic (exact) mass is 291 g/mol. The van der Waals surface area contributed by atoms with Gasteiger partial charge >= 0.3 is 0 Å². The smallest absolute Gasteiger partial charge is 0.241 e. The number of nitrogens with zero attached hydrogens (tertiary/aromatic N) is 1. The van der Waals surface area contributed by atoms with Crippen LogP contribution in [-0.2, 0) is 16.6 Å². The number of benzene rings is 1. The average Bonchev–Trinajstić information content (AvgIpc) is 2.40. The van der Waals surface area contributed by atoms with Gasteiger partial charge in [0.1, 0.15) is 0 Å². The molecule has 0 bridgehead atoms. The molecule has 5 nitrogen and oxygen atoms in total. The SMILES string of the molecule is Cc1ccc(N)cc1S(=O)(=O)NCc1ncccc1C. The van der Waals surface area contributed by atoms with Crippen LogP contribution in [0.4, 0.5) is 5.69 Å². The molecular formula is C14H17N3O2S. The number of hydrogen-bond acceptors (Lipinski definition) is 4. The van der Waals surface area contributed by atoms with Crippen LogP contribution >= 0.6 is 0 Å². The molecule has 0 aliphatic rings. The van der Waals surface area contributed by atoms with Crippen molar-refractivity contribution in [2.45, 2.75) is 25.3 Å². The Kier molecular flexibility index (Phi) is 4.06. The van der Waals surface area contributed by atoms with E-state index in [1.165, 1.54) is 6.07 Å². The predicted molar refractivity (Wildman–Crippen MR) is 78.6 cm³/mol. The van der Waals surface area contributed by atoms with Crippen molar-refractivity contribution in [3.8, 4) is 0 Å². The number of nitrogens with one attached hydrogen (secondary N) is 1. The Morgan fingerprint density at radius 2 is 1.95 bits per heavy atom. The lowest BCUT2D eigenvalue weighted by Crippen LogP contribution is -2.25. The molecule has 1 aromatic carbocycles. The Balaban J connectivity index is 2.24. The third-order valence-corrected chi connectivity index (χ3v) is 4.59. The minimum Gasteiger partial charge on any atom is -0.399 e. The molecule has 0 amide bonds. The van der Waals surface area contributed by atoms with Crippen LogP contribution in [0.2, 0.25) is 0 Å². The maximum absolute atomic E-state index is 12.3. The third kappa shape index (κ3) is 3.15. The number of nitrogen functional groups attached to an aromatic ring is 1. The van der Waals surface area contributed by atoms with Crippen LogP contribution in [0.1, 0.15) is 16.8 Å². The van der Waals surface area contributed by atoms with Crippen LogP contribution < -0.4 is 10.5 Å². The van der Waals surface area contributed by atoms with E-state index in [-0.39, 0.29) is 11.4 Å². The van der Waals surface area contributed by atoms with Crippen molar-refractivity contribution in [3.63, 3.8) is 0 Å². The first-order valence-electron chi connectivity index (χ1n) is 6.16. The van der Waals surface area contributed by atoms with Crippen molar-refractivity contribution in [2.24, 2.45) is 0 Å². The van der Waals surface area contributed by atoms with Crippen molar-refractivity contribution in [1.82, 2.24) is 9.71 Å². The fraction of sp³-hybridized carbons (Fsp3) is 0.214. The zero-order valence-corrected chi connectivity index (χ0v) is 12.2. The summed E-state index contributed by atoms with van der Waals surface area (Å²) in [7, 11) is -3.60. The molecule has 0 saturated heterocycles. The van der Waals surface area contributed by atoms with Crippen molar-refractivity contribution < 1.29 is 8.42 Å². The van der Waals surface area contributed by atoms with E-state index < -0.39 is 10.0 Å². The van der Waals surface area contributed by atoms with Gasteiger partial charge in [-0.05, 0) is 43.2 Å². The van der Waals surface area contributed by atoms with Crippen LogP contribution in [0.3, 0.4) is 0 Å². The van der Waals surface area contributed by atoms with Crippen LogP contribution in [0.25, 0.3) is 0 Å². The van der Waals surface area contributed by atoms with E-state index in [1.807, 2.05) is 19.1 Å². The molecule has 0 spiro atoms. The van der Waals surface area contributed by atoms with E-state index in [0.29, 0.717) is 16.9 Å². The number of aromatic nitrogens is 1. The molecule has 2 rings (SSSR count). The van der Waals surface area contributed by atoms with E-state index >= 15 is 0 Å². The van der Waals surface area contributed by atoms with E-state index in [2.05, 4.69) is 9.71 Å². The minimum absolute atomic E-state index is 0.156. The Bertz CT molecular complexity index is 727. The first kappa shape index (κ1) is 14.5. The topological polar surface area (TPSA) is 85.1 Å². The fourth-order valence-electron chi connectivity index (χ4n) is 1.85. The van der Waals surface area contributed by atoms with Crippen LogP contribution in [0, 0.1) is 13.8 Å². The largest absolute Gasteiger partial charge is 0.399 e. The summed E-state index contributed by atoms with van der Waals surface area (Å²) >= 11 is 0. The summed E-state index contributed by atoms with van der Waals surface area (Å²) < 4.78 is 27.1. The molecule has 20 heavy (non-hydrogen) atoms. The van der Waals surface area contributed by atoms with Gasteiger partial charge in [0, 0.05) is 11.9 Å². The second kappa shape index (κ2) is 5.60. The summed E-state index contributed by atoms with van der Waals surface area (Å²) in [5, 5.41) is 0. The Labute approximate surface area is 118 Å². The minimum atomic E-state index is -3.60. The van der Waals surface area contributed by atoms with Crippen LogP contribution in [-0.4, -0.2) is 13.4 Å². The lowest BCUT2D eigenvalue weighted by Gasteiger charge is -2.10. The van der Waals surface area contributed by atoms with Gasteiger partial charge < -0.3 is 5.73 Å². The number of aryl methyl sites for hydroxylation is 2. The molecule has 0 atom stereocenters. The zero-order chi connectivity index (χ0) is 14.8. The molecule has 0 unspecified atom stereocenters. The lowest BCUT2D eigenvalue weighted by molar-refractivity contribution is 0.579. The number of rotatable bonds is 4. The number of nitrogens with two attached hydrogens (primary N) is 1. The summed E-state index contributed by atoms with van der Waals surface area (Å²) in [6, 6.07) is 8.54. The quantitative estimate of drug-likeness (QED) is 0.841. The van der Waals surface area contributed by atoms with E-state index in [1.54, 1.807) is 25.3 Å². The van der Waals surface area contributed by atoms with Crippen molar-refractivity contribution in [1.29, 1.82) is 0 Å². The molecule has 1 heterocycles. The molecule has 0 saturated carbocycles. The summed E-state index contributed by atoms with van der Waals surface area (Å²) in [6.07, 6.45) is 1.64. The van der Waals surface area contributed by atoms with Gasteiger partial charge in [-0.3, -0.25) is 4.98 Å². The molecular weight excluding hydrogens is 274 g/mol. The highest BCUT2D eigenvalue weighted by Gasteiger charge is 2.17. The van der Waals surface area contributed by atoms with Gasteiger partial charge in [-0.15, -0.1) is 0 Å². The van der Waals surface area contributed by atoms with Crippen LogP contribution in [0.15, 0.2) is 41.4 Å². The van der Waals surface area contributed by atoms with Crippen LogP contribution in [0.5, 0.6) is 0 Å². The summed E-state index contributed by atoms with van der Waals surface area (Å²) in [6.45, 7) is 3.78. The first-order chi connectivity index (χ1) is 9.40. The van der Waals surface area contributed by atoms with E-state index in [9.17, 15) is 8.42 Å². The van der Waals surface area contributed by atoms with Gasteiger partial charge in [0.15, 0.2) is 0 Å². The van der Waals surface area contributed by atoms with Gasteiger partial charge in [0.05, 0.1) is 17.1 Å². The van der Waals surface area contributed by atoms with Crippen molar-refractivity contribution >= 4 is 15.7 Å². The van der Waals surface area contributed by atoms with Gasteiger partial charge in [0.25, 0.3) is 0 Å². The number of sulfonamides is 1. The normalized spacial score (nSPS) is 11.5. The second-order valence-electron chi connectivity index (χ2n) is 4.62. The summed E-state index contributed by atoms with van der Waals surface area (Å²) in [5.74, 6) is 0. The van der Waals surface area contributed by atoms with Gasteiger partial charge in [0.2, 0.25) is 10.0 Å². The maximum Gasteiger partial charge on any atom is 0.241 e. The molecule has 106 valence electrons. The Morgan fingerprint density at radius 1 is 1.20 bits per heavy atom. The van der Waals surface area contributed by atoms with Gasteiger partial charge in [-0.25, -0.2) is 13.1 Å². The summed E-state index contributed by atoms with van der Waals surface area (Å²) in [5.41, 5.74) is 8.38. The number of pyridine rings is 1. The highest BCUT2D eigenvalue weighted by molar-refractivity contribution is 7.89. The predicted octanol–water partition coefficient (Wildman–Crippen LogP) is 1.76. The highest BCUT2D eigenvalue weighted by atomic mass is 32.2. The van der Waals surface area contributed by atoms with Crippen molar-refractivity contribution in [2.75, 3.05) is 5.73 Å². The fourth-order valence-corrected chi connectivity index (χ4v) is 3.12. The Morgan fingerprint density at radius 3 is 2.65 bits per heavy atom. The molecule has 0 radical (unpaired) electrons. The molecule has 1 aromatic heterocycles. The van der Waals surface area contributed by atoms with Crippen molar-refractivity contribution in [3.05, 3.63) is 53.3 Å². The standard InChI is InChI=1S/C14H17N3O2S/c1-10-4-3-7-16-13(10)9-17-20(18,19)14-8-12(15)6-5-11(14)2/h3-8,17H,9,15H2,1-2H3. The molecule has 3 N–H and O–H groups in total. The highest BCUT2D eigenvalue weighted by Crippen LogP contribution is 2.18. The zero-order valence-electron chi connectivity index (χ0n) is 11.4. The Hall–Kier alpha value is -1.92. The third-order valence-electron chi connectivity index (χ3n) is 3.05. The average molecular weight is 291 g/mol. The molecule has 0 fully saturated rings. The molecule has 0 aliphatic heterocycles. The molecule has 6 heteroatoms. The van der Waals surface area contributed by atoms with E-state index in [4.69, 9.17) is 5.73 Å². The van der Waals surface area contributed by atoms with Gasteiger partial charge in [-0.2, -0.15) is 0 Å². The first-order valence-corrected chi connectivity index (χ1v) is 7.65. The lowest BCUT2D eigenvalue weighted by atomic mass is 10.2. The summed E-state index contributed by atoms with van der Waals surface area (Å²) in [4.78, 5) is 4.36.